The van der Waals surface area contributed by atoms with Crippen molar-refractivity contribution in [2.45, 2.75) is 6.42 Å². The van der Waals surface area contributed by atoms with Gasteiger partial charge in [-0.05, 0) is 47.9 Å². The molecule has 2 aromatic rings. The summed E-state index contributed by atoms with van der Waals surface area (Å²) in [5, 5.41) is 11.6. The molecule has 2 rings (SSSR count). The van der Waals surface area contributed by atoms with E-state index in [0.29, 0.717) is 12.1 Å². The van der Waals surface area contributed by atoms with Crippen LogP contribution in [0.25, 0.3) is 6.08 Å². The molecule has 0 aromatic heterocycles. The van der Waals surface area contributed by atoms with E-state index in [-0.39, 0.29) is 12.5 Å². The third-order valence-corrected chi connectivity index (χ3v) is 2.96. The van der Waals surface area contributed by atoms with Gasteiger partial charge in [-0.15, -0.1) is 0 Å². The average molecular weight is 282 g/mol. The van der Waals surface area contributed by atoms with Crippen molar-refractivity contribution in [1.82, 2.24) is 0 Å². The Bertz CT molecular complexity index is 633. The number of hydrogen-bond donors (Lipinski definition) is 3. The predicted molar refractivity (Wildman–Crippen MR) is 85.7 cm³/mol. The van der Waals surface area contributed by atoms with Crippen molar-refractivity contribution >= 4 is 23.4 Å². The maximum atomic E-state index is 11.8. The molecular weight excluding hydrogens is 264 g/mol. The summed E-state index contributed by atoms with van der Waals surface area (Å²) in [5.74, 6) is -0.202. The number of nitrogens with one attached hydrogen (secondary N) is 1. The van der Waals surface area contributed by atoms with Crippen LogP contribution in [-0.4, -0.2) is 17.6 Å². The highest BCUT2D eigenvalue weighted by Gasteiger charge is 1.98. The molecule has 4 nitrogen and oxygen atoms in total. The summed E-state index contributed by atoms with van der Waals surface area (Å²) < 4.78 is 0. The van der Waals surface area contributed by atoms with Crippen molar-refractivity contribution in [3.8, 4) is 0 Å². The van der Waals surface area contributed by atoms with Crippen LogP contribution in [0.3, 0.4) is 0 Å². The van der Waals surface area contributed by atoms with E-state index in [0.717, 1.165) is 16.8 Å². The van der Waals surface area contributed by atoms with Gasteiger partial charge in [0, 0.05) is 24.1 Å². The maximum absolute atomic E-state index is 11.8. The largest absolute Gasteiger partial charge is 0.399 e. The highest BCUT2D eigenvalue weighted by molar-refractivity contribution is 6.01. The molecule has 0 saturated carbocycles. The van der Waals surface area contributed by atoms with E-state index in [9.17, 15) is 4.79 Å². The lowest BCUT2D eigenvalue weighted by Gasteiger charge is -2.04. The molecule has 0 atom stereocenters. The number of aliphatic hydroxyl groups excluding tert-OH is 1. The second kappa shape index (κ2) is 7.26. The molecule has 0 aliphatic heterocycles. The Labute approximate surface area is 123 Å². The van der Waals surface area contributed by atoms with E-state index >= 15 is 0 Å². The summed E-state index contributed by atoms with van der Waals surface area (Å²) in [6.07, 6.45) is 3.80. The molecule has 21 heavy (non-hydrogen) atoms. The zero-order valence-electron chi connectivity index (χ0n) is 11.6. The molecule has 108 valence electrons. The smallest absolute Gasteiger partial charge is 0.248 e. The van der Waals surface area contributed by atoms with Gasteiger partial charge in [-0.1, -0.05) is 24.3 Å². The number of amides is 1. The molecule has 0 unspecified atom stereocenters. The quantitative estimate of drug-likeness (QED) is 0.582. The highest BCUT2D eigenvalue weighted by Crippen LogP contribution is 2.11. The SMILES string of the molecule is Nc1cccc(/C=C/C(=O)Nc2ccc(CCO)cc2)c1. The third kappa shape index (κ3) is 4.78. The second-order valence-electron chi connectivity index (χ2n) is 4.66. The van der Waals surface area contributed by atoms with Gasteiger partial charge in [0.05, 0.1) is 0 Å². The van der Waals surface area contributed by atoms with Gasteiger partial charge in [-0.3, -0.25) is 4.79 Å². The fourth-order valence-electron chi connectivity index (χ4n) is 1.90. The monoisotopic (exact) mass is 282 g/mol. The number of aliphatic hydroxyl groups is 1. The van der Waals surface area contributed by atoms with E-state index in [1.165, 1.54) is 6.08 Å². The molecule has 0 aliphatic carbocycles. The Morgan fingerprint density at radius 1 is 1.19 bits per heavy atom. The molecule has 0 fully saturated rings. The van der Waals surface area contributed by atoms with Crippen LogP contribution >= 0.6 is 0 Å². The van der Waals surface area contributed by atoms with Crippen molar-refractivity contribution in [3.05, 3.63) is 65.7 Å². The first-order valence-corrected chi connectivity index (χ1v) is 6.72. The molecule has 0 saturated heterocycles. The van der Waals surface area contributed by atoms with Crippen LogP contribution in [0, 0.1) is 0 Å². The number of carbonyl (C=O) groups is 1. The van der Waals surface area contributed by atoms with Gasteiger partial charge in [-0.2, -0.15) is 0 Å². The van der Waals surface area contributed by atoms with Gasteiger partial charge >= 0.3 is 0 Å². The fourth-order valence-corrected chi connectivity index (χ4v) is 1.90. The van der Waals surface area contributed by atoms with Crippen molar-refractivity contribution in [1.29, 1.82) is 0 Å². The van der Waals surface area contributed by atoms with E-state index in [4.69, 9.17) is 10.8 Å². The molecule has 0 aliphatic rings. The van der Waals surface area contributed by atoms with E-state index < -0.39 is 0 Å². The molecule has 1 amide bonds. The van der Waals surface area contributed by atoms with Crippen molar-refractivity contribution in [2.24, 2.45) is 0 Å². The summed E-state index contributed by atoms with van der Waals surface area (Å²) in [7, 11) is 0. The van der Waals surface area contributed by atoms with Crippen molar-refractivity contribution < 1.29 is 9.90 Å². The van der Waals surface area contributed by atoms with Crippen LogP contribution in [0.15, 0.2) is 54.6 Å². The number of carbonyl (C=O) groups excluding carboxylic acids is 1. The lowest BCUT2D eigenvalue weighted by atomic mass is 10.1. The molecule has 0 radical (unpaired) electrons. The van der Waals surface area contributed by atoms with Crippen LogP contribution in [0.2, 0.25) is 0 Å². The van der Waals surface area contributed by atoms with Crippen LogP contribution in [0.5, 0.6) is 0 Å². The molecule has 2 aromatic carbocycles. The lowest BCUT2D eigenvalue weighted by Crippen LogP contribution is -2.07. The van der Waals surface area contributed by atoms with Gasteiger partial charge in [0.15, 0.2) is 0 Å². The summed E-state index contributed by atoms with van der Waals surface area (Å²) in [4.78, 5) is 11.8. The highest BCUT2D eigenvalue weighted by atomic mass is 16.2. The Morgan fingerprint density at radius 3 is 2.62 bits per heavy atom. The zero-order valence-corrected chi connectivity index (χ0v) is 11.6. The normalized spacial score (nSPS) is 10.7. The van der Waals surface area contributed by atoms with E-state index in [2.05, 4.69) is 5.32 Å². The second-order valence-corrected chi connectivity index (χ2v) is 4.66. The topological polar surface area (TPSA) is 75.4 Å². The van der Waals surface area contributed by atoms with Crippen LogP contribution in [0.1, 0.15) is 11.1 Å². The minimum atomic E-state index is -0.202. The van der Waals surface area contributed by atoms with E-state index in [1.54, 1.807) is 18.2 Å². The number of anilines is 2. The molecule has 0 heterocycles. The minimum absolute atomic E-state index is 0.120. The lowest BCUT2D eigenvalue weighted by molar-refractivity contribution is -0.111. The molecule has 4 heteroatoms. The van der Waals surface area contributed by atoms with Gasteiger partial charge in [0.1, 0.15) is 0 Å². The molecule has 0 spiro atoms. The van der Waals surface area contributed by atoms with Gasteiger partial charge in [0.25, 0.3) is 0 Å². The number of nitrogens with two attached hydrogens (primary N) is 1. The number of hydrogen-bond acceptors (Lipinski definition) is 3. The molecule has 0 bridgehead atoms. The first-order valence-electron chi connectivity index (χ1n) is 6.72. The third-order valence-electron chi connectivity index (χ3n) is 2.96. The van der Waals surface area contributed by atoms with Gasteiger partial charge < -0.3 is 16.2 Å². The van der Waals surface area contributed by atoms with Crippen LogP contribution in [0.4, 0.5) is 11.4 Å². The fraction of sp³-hybridized carbons (Fsp3) is 0.118. The minimum Gasteiger partial charge on any atom is -0.399 e. The maximum Gasteiger partial charge on any atom is 0.248 e. The molecular formula is C17H18N2O2. The van der Waals surface area contributed by atoms with Crippen molar-refractivity contribution in [2.75, 3.05) is 17.7 Å². The summed E-state index contributed by atoms with van der Waals surface area (Å²) in [5.41, 5.74) is 8.97. The van der Waals surface area contributed by atoms with Crippen LogP contribution in [-0.2, 0) is 11.2 Å². The first kappa shape index (κ1) is 14.8. The number of rotatable bonds is 5. The van der Waals surface area contributed by atoms with Gasteiger partial charge in [-0.25, -0.2) is 0 Å². The first-order chi connectivity index (χ1) is 10.2. The number of nitrogen functional groups attached to an aromatic ring is 1. The molecule has 4 N–H and O–H groups in total. The van der Waals surface area contributed by atoms with Gasteiger partial charge in [0.2, 0.25) is 5.91 Å². The Balaban J connectivity index is 1.95. The summed E-state index contributed by atoms with van der Waals surface area (Å²) in [6, 6.07) is 14.7. The Hall–Kier alpha value is -2.59. The Morgan fingerprint density at radius 2 is 1.95 bits per heavy atom. The average Bonchev–Trinajstić information content (AvgIpc) is 2.48. The Kier molecular flexibility index (Phi) is 5.12. The summed E-state index contributed by atoms with van der Waals surface area (Å²) in [6.45, 7) is 0.120. The van der Waals surface area contributed by atoms with E-state index in [1.807, 2.05) is 36.4 Å². The standard InChI is InChI=1S/C17H18N2O2/c18-15-3-1-2-14(12-15)6-9-17(21)19-16-7-4-13(5-8-16)10-11-20/h1-9,12,20H,10-11,18H2,(H,19,21)/b9-6+. The van der Waals surface area contributed by atoms with Crippen LogP contribution < -0.4 is 11.1 Å². The van der Waals surface area contributed by atoms with Crippen molar-refractivity contribution in [3.63, 3.8) is 0 Å². The number of benzene rings is 2. The zero-order chi connectivity index (χ0) is 15.1. The predicted octanol–water partition coefficient (Wildman–Crippen LogP) is 2.46. The summed E-state index contributed by atoms with van der Waals surface area (Å²) >= 11 is 0.